The molecule has 0 saturated carbocycles. The minimum absolute atomic E-state index is 0.0602. The summed E-state index contributed by atoms with van der Waals surface area (Å²) < 4.78 is 13.4. The van der Waals surface area contributed by atoms with Gasteiger partial charge in [0.2, 0.25) is 0 Å². The van der Waals surface area contributed by atoms with E-state index >= 15 is 0 Å². The number of methoxy groups -OCH3 is 1. The Hall–Kier alpha value is -0.850. The molecule has 110 valence electrons. The molecule has 0 aliphatic carbocycles. The largest absolute Gasteiger partial charge is 0.496 e. The Balaban J connectivity index is 2.43. The summed E-state index contributed by atoms with van der Waals surface area (Å²) in [5.41, 5.74) is 0.517. The van der Waals surface area contributed by atoms with Gasteiger partial charge in [-0.15, -0.1) is 0 Å². The van der Waals surface area contributed by atoms with E-state index < -0.39 is 0 Å². The van der Waals surface area contributed by atoms with Gasteiger partial charge < -0.3 is 9.47 Å². The number of carbonyl (C=O) groups excluding carboxylic acids is 1. The van der Waals surface area contributed by atoms with E-state index in [0.717, 1.165) is 13.4 Å². The Labute approximate surface area is 148 Å². The Kier molecular flexibility index (Phi) is 5.46. The second-order valence-electron chi connectivity index (χ2n) is 4.22. The summed E-state index contributed by atoms with van der Waals surface area (Å²) in [6.45, 7) is 1.51. The molecule has 0 atom stereocenters. The number of hydrogen-bond acceptors (Lipinski definition) is 3. The standard InChI is InChI=1S/C15H11Br3O3/c1-8(19)10-5-9(16)3-4-13(10)21-15-7-11(17)14(20-2)6-12(15)18/h3-7H,1-2H3. The summed E-state index contributed by atoms with van der Waals surface area (Å²) in [6, 6.07) is 8.91. The molecule has 0 fully saturated rings. The summed E-state index contributed by atoms with van der Waals surface area (Å²) in [7, 11) is 1.59. The monoisotopic (exact) mass is 476 g/mol. The van der Waals surface area contributed by atoms with Crippen LogP contribution in [0.25, 0.3) is 0 Å². The molecular weight excluding hydrogens is 468 g/mol. The molecule has 0 radical (unpaired) electrons. The molecule has 0 aliphatic heterocycles. The van der Waals surface area contributed by atoms with Crippen LogP contribution < -0.4 is 9.47 Å². The van der Waals surface area contributed by atoms with Gasteiger partial charge in [-0.25, -0.2) is 0 Å². The molecule has 21 heavy (non-hydrogen) atoms. The third kappa shape index (κ3) is 3.87. The molecule has 0 spiro atoms. The van der Waals surface area contributed by atoms with Gasteiger partial charge in [-0.1, -0.05) is 15.9 Å². The molecule has 0 amide bonds. The van der Waals surface area contributed by atoms with Crippen molar-refractivity contribution in [1.82, 2.24) is 0 Å². The minimum Gasteiger partial charge on any atom is -0.496 e. The zero-order valence-corrected chi connectivity index (χ0v) is 16.0. The van der Waals surface area contributed by atoms with Crippen molar-refractivity contribution < 1.29 is 14.3 Å². The highest BCUT2D eigenvalue weighted by atomic mass is 79.9. The van der Waals surface area contributed by atoms with E-state index in [1.54, 1.807) is 31.4 Å². The van der Waals surface area contributed by atoms with Crippen LogP contribution in [-0.4, -0.2) is 12.9 Å². The highest BCUT2D eigenvalue weighted by Gasteiger charge is 2.14. The van der Waals surface area contributed by atoms with Crippen LogP contribution in [0.15, 0.2) is 43.7 Å². The molecule has 0 unspecified atom stereocenters. The van der Waals surface area contributed by atoms with Gasteiger partial charge in [0, 0.05) is 4.47 Å². The number of benzene rings is 2. The first-order chi connectivity index (χ1) is 9.92. The quantitative estimate of drug-likeness (QED) is 0.507. The van der Waals surface area contributed by atoms with Crippen molar-refractivity contribution in [3.63, 3.8) is 0 Å². The first-order valence-corrected chi connectivity index (χ1v) is 8.31. The van der Waals surface area contributed by atoms with Crippen LogP contribution in [0, 0.1) is 0 Å². The van der Waals surface area contributed by atoms with Crippen molar-refractivity contribution in [2.75, 3.05) is 7.11 Å². The average Bonchev–Trinajstić information content (AvgIpc) is 2.44. The van der Waals surface area contributed by atoms with E-state index in [0.29, 0.717) is 22.8 Å². The predicted octanol–water partition coefficient (Wildman–Crippen LogP) is 5.98. The molecule has 6 heteroatoms. The van der Waals surface area contributed by atoms with Crippen LogP contribution >= 0.6 is 47.8 Å². The van der Waals surface area contributed by atoms with Gasteiger partial charge in [0.1, 0.15) is 17.2 Å². The number of ketones is 1. The molecule has 0 aromatic heterocycles. The third-order valence-corrected chi connectivity index (χ3v) is 4.48. The molecule has 2 aromatic carbocycles. The lowest BCUT2D eigenvalue weighted by Crippen LogP contribution is -1.98. The smallest absolute Gasteiger partial charge is 0.163 e. The predicted molar refractivity (Wildman–Crippen MR) is 92.6 cm³/mol. The lowest BCUT2D eigenvalue weighted by Gasteiger charge is -2.13. The van der Waals surface area contributed by atoms with Crippen molar-refractivity contribution in [3.05, 3.63) is 49.3 Å². The van der Waals surface area contributed by atoms with Crippen LogP contribution in [-0.2, 0) is 0 Å². The lowest BCUT2D eigenvalue weighted by molar-refractivity contribution is 0.101. The average molecular weight is 479 g/mol. The fourth-order valence-corrected chi connectivity index (χ4v) is 2.98. The topological polar surface area (TPSA) is 35.5 Å². The molecule has 2 aromatic rings. The maximum Gasteiger partial charge on any atom is 0.163 e. The van der Waals surface area contributed by atoms with Crippen molar-refractivity contribution in [3.8, 4) is 17.2 Å². The van der Waals surface area contributed by atoms with E-state index in [2.05, 4.69) is 47.8 Å². The van der Waals surface area contributed by atoms with Gasteiger partial charge >= 0.3 is 0 Å². The SMILES string of the molecule is COc1cc(Br)c(Oc2ccc(Br)cc2C(C)=O)cc1Br. The van der Waals surface area contributed by atoms with Crippen LogP contribution in [0.2, 0.25) is 0 Å². The number of Topliss-reactive ketones (excluding diaryl/α,β-unsaturated/α-hetero) is 1. The van der Waals surface area contributed by atoms with Gasteiger partial charge in [-0.2, -0.15) is 0 Å². The van der Waals surface area contributed by atoms with Gasteiger partial charge in [0.15, 0.2) is 5.78 Å². The van der Waals surface area contributed by atoms with Crippen LogP contribution in [0.3, 0.4) is 0 Å². The highest BCUT2D eigenvalue weighted by molar-refractivity contribution is 9.11. The molecule has 3 nitrogen and oxygen atoms in total. The minimum atomic E-state index is -0.0602. The number of halogens is 3. The first kappa shape index (κ1) is 16.5. The normalized spacial score (nSPS) is 10.3. The molecule has 0 bridgehead atoms. The van der Waals surface area contributed by atoms with E-state index in [1.807, 2.05) is 6.07 Å². The zero-order valence-electron chi connectivity index (χ0n) is 11.2. The summed E-state index contributed by atoms with van der Waals surface area (Å²) in [5.74, 6) is 1.72. The van der Waals surface area contributed by atoms with Crippen LogP contribution in [0.5, 0.6) is 17.2 Å². The van der Waals surface area contributed by atoms with Gasteiger partial charge in [-0.05, 0) is 69.1 Å². The molecule has 2 rings (SSSR count). The first-order valence-electron chi connectivity index (χ1n) is 5.93. The maximum atomic E-state index is 11.7. The lowest BCUT2D eigenvalue weighted by atomic mass is 10.1. The summed E-state index contributed by atoms with van der Waals surface area (Å²) in [5, 5.41) is 0. The third-order valence-electron chi connectivity index (χ3n) is 2.75. The van der Waals surface area contributed by atoms with E-state index in [1.165, 1.54) is 6.92 Å². The van der Waals surface area contributed by atoms with Gasteiger partial charge in [-0.3, -0.25) is 4.79 Å². The van der Waals surface area contributed by atoms with Gasteiger partial charge in [0.05, 0.1) is 21.6 Å². The zero-order chi connectivity index (χ0) is 15.6. The Morgan fingerprint density at radius 3 is 2.19 bits per heavy atom. The number of carbonyl (C=O) groups is 1. The molecule has 0 heterocycles. The molecule has 0 N–H and O–H groups in total. The summed E-state index contributed by atoms with van der Waals surface area (Å²) in [4.78, 5) is 11.7. The maximum absolute atomic E-state index is 11.7. The van der Waals surface area contributed by atoms with E-state index in [4.69, 9.17) is 9.47 Å². The van der Waals surface area contributed by atoms with Crippen molar-refractivity contribution in [2.24, 2.45) is 0 Å². The van der Waals surface area contributed by atoms with Crippen molar-refractivity contribution >= 4 is 53.6 Å². The van der Waals surface area contributed by atoms with Crippen LogP contribution in [0.1, 0.15) is 17.3 Å². The highest BCUT2D eigenvalue weighted by Crippen LogP contribution is 2.39. The number of hydrogen-bond donors (Lipinski definition) is 0. The fraction of sp³-hybridized carbons (Fsp3) is 0.133. The number of ether oxygens (including phenoxy) is 2. The molecular formula is C15H11Br3O3. The molecule has 0 aliphatic rings. The molecule has 0 saturated heterocycles. The summed E-state index contributed by atoms with van der Waals surface area (Å²) in [6.07, 6.45) is 0. The van der Waals surface area contributed by atoms with E-state index in [-0.39, 0.29) is 5.78 Å². The Bertz CT molecular complexity index is 699. The Morgan fingerprint density at radius 2 is 1.57 bits per heavy atom. The Morgan fingerprint density at radius 1 is 0.952 bits per heavy atom. The van der Waals surface area contributed by atoms with E-state index in [9.17, 15) is 4.79 Å². The summed E-state index contributed by atoms with van der Waals surface area (Å²) >= 11 is 10.2. The van der Waals surface area contributed by atoms with Crippen LogP contribution in [0.4, 0.5) is 0 Å². The second-order valence-corrected chi connectivity index (χ2v) is 6.84. The second kappa shape index (κ2) is 6.94. The van der Waals surface area contributed by atoms with Crippen molar-refractivity contribution in [2.45, 2.75) is 6.92 Å². The van der Waals surface area contributed by atoms with Crippen molar-refractivity contribution in [1.29, 1.82) is 0 Å². The number of rotatable bonds is 4. The fourth-order valence-electron chi connectivity index (χ4n) is 1.73. The van der Waals surface area contributed by atoms with Gasteiger partial charge in [0.25, 0.3) is 0 Å².